The molecule has 0 radical (unpaired) electrons. The molecule has 0 N–H and O–H groups in total. The molecule has 0 saturated heterocycles. The molecule has 0 fully saturated rings. The molecular formula is C45H74. The van der Waals surface area contributed by atoms with Gasteiger partial charge in [0.2, 0.25) is 0 Å². The van der Waals surface area contributed by atoms with Crippen LogP contribution in [0.15, 0.2) is 140 Å². The third-order valence-corrected chi connectivity index (χ3v) is 4.48. The van der Waals surface area contributed by atoms with E-state index in [4.69, 9.17) is 0 Å². The highest BCUT2D eigenvalue weighted by Crippen LogP contribution is 2.17. The molecule has 0 atom stereocenters. The predicted octanol–water partition coefficient (Wildman–Crippen LogP) is 16.4. The summed E-state index contributed by atoms with van der Waals surface area (Å²) in [6.45, 7) is 34.1. The van der Waals surface area contributed by atoms with E-state index in [1.165, 1.54) is 27.5 Å². The standard InChI is InChI=1S/C12H10.C10H8.C7H8.8C2H6/c1-3-7-11(8-4-1)12-9-5-2-6-10-12;1-2-6-10-8-4-3-7-9(10)5-1;1-7-5-3-2-4-6-7;8*1-2/h1-10H;1-8H;2-6H,1H3;8*1-2H3. The van der Waals surface area contributed by atoms with Crippen molar-refractivity contribution < 1.29 is 0 Å². The summed E-state index contributed by atoms with van der Waals surface area (Å²) in [4.78, 5) is 0. The fraction of sp³-hybridized carbons (Fsp3) is 0.378. The largest absolute Gasteiger partial charge is 0.0683 e. The Balaban J connectivity index is -0.000000105. The normalized spacial score (nSPS) is 7.22. The fourth-order valence-electron chi connectivity index (χ4n) is 2.93. The predicted molar refractivity (Wildman–Crippen MR) is 218 cm³/mol. The molecule has 0 aliphatic carbocycles. The summed E-state index contributed by atoms with van der Waals surface area (Å²) in [7, 11) is 0. The van der Waals surface area contributed by atoms with Crippen molar-refractivity contribution >= 4 is 10.8 Å². The van der Waals surface area contributed by atoms with Crippen LogP contribution >= 0.6 is 0 Å². The van der Waals surface area contributed by atoms with Crippen LogP contribution in [-0.2, 0) is 0 Å². The summed E-state index contributed by atoms with van der Waals surface area (Å²) in [6.07, 6.45) is 0. The van der Waals surface area contributed by atoms with Crippen LogP contribution in [-0.4, -0.2) is 0 Å². The lowest BCUT2D eigenvalue weighted by Gasteiger charge is -1.98. The molecule has 0 spiro atoms. The molecule has 0 nitrogen and oxygen atoms in total. The molecule has 5 rings (SSSR count). The highest BCUT2D eigenvalue weighted by molar-refractivity contribution is 5.82. The second-order valence-corrected chi connectivity index (χ2v) is 6.73. The van der Waals surface area contributed by atoms with Crippen molar-refractivity contribution in [1.29, 1.82) is 0 Å². The SMILES string of the molecule is CC.CC.CC.CC.CC.CC.CC.CC.Cc1ccccc1.c1ccc(-c2ccccc2)cc1.c1ccc2ccccc2c1. The van der Waals surface area contributed by atoms with Crippen molar-refractivity contribution in [2.24, 2.45) is 0 Å². The molecule has 254 valence electrons. The minimum atomic E-state index is 1.28. The quantitative estimate of drug-likeness (QED) is 0.176. The van der Waals surface area contributed by atoms with Gasteiger partial charge < -0.3 is 0 Å². The average molecular weight is 615 g/mol. The smallest absolute Gasteiger partial charge is 0.0184 e. The number of hydrogen-bond donors (Lipinski definition) is 0. The molecule has 0 amide bonds. The van der Waals surface area contributed by atoms with E-state index in [2.05, 4.69) is 116 Å². The maximum atomic E-state index is 2.12. The first kappa shape index (κ1) is 53.9. The highest BCUT2D eigenvalue weighted by atomic mass is 14.0. The van der Waals surface area contributed by atoms with Crippen molar-refractivity contribution in [3.63, 3.8) is 0 Å². The van der Waals surface area contributed by atoms with Crippen molar-refractivity contribution in [2.75, 3.05) is 0 Å². The second-order valence-electron chi connectivity index (χ2n) is 6.73. The summed E-state index contributed by atoms with van der Waals surface area (Å²) in [5.74, 6) is 0. The van der Waals surface area contributed by atoms with Crippen LogP contribution in [0.4, 0.5) is 0 Å². The lowest BCUT2D eigenvalue weighted by Crippen LogP contribution is -1.73. The van der Waals surface area contributed by atoms with Gasteiger partial charge in [0.1, 0.15) is 0 Å². The van der Waals surface area contributed by atoms with E-state index in [0.717, 1.165) is 0 Å². The maximum absolute atomic E-state index is 2.12. The summed E-state index contributed by atoms with van der Waals surface area (Å²) in [5, 5.41) is 2.62. The zero-order valence-electron chi connectivity index (χ0n) is 32.8. The lowest BCUT2D eigenvalue weighted by atomic mass is 10.1. The average Bonchev–Trinajstić information content (AvgIpc) is 3.20. The highest BCUT2D eigenvalue weighted by Gasteiger charge is 1.91. The molecule has 0 heteroatoms. The van der Waals surface area contributed by atoms with E-state index in [-0.39, 0.29) is 0 Å². The number of rotatable bonds is 1. The number of hydrogen-bond acceptors (Lipinski definition) is 0. The van der Waals surface area contributed by atoms with E-state index >= 15 is 0 Å². The Labute approximate surface area is 284 Å². The Bertz CT molecular complexity index is 979. The number of fused-ring (bicyclic) bond motifs is 1. The summed E-state index contributed by atoms with van der Waals surface area (Å²) in [5.41, 5.74) is 3.87. The molecule has 0 aromatic heterocycles. The maximum Gasteiger partial charge on any atom is -0.0184 e. The Hall–Kier alpha value is -3.64. The van der Waals surface area contributed by atoms with Crippen LogP contribution in [0, 0.1) is 6.92 Å². The van der Waals surface area contributed by atoms with Crippen molar-refractivity contribution in [1.82, 2.24) is 0 Å². The van der Waals surface area contributed by atoms with Gasteiger partial charge in [0.05, 0.1) is 0 Å². The van der Waals surface area contributed by atoms with E-state index in [1.54, 1.807) is 0 Å². The van der Waals surface area contributed by atoms with Crippen molar-refractivity contribution in [2.45, 2.75) is 118 Å². The summed E-state index contributed by atoms with van der Waals surface area (Å²) in [6, 6.07) is 47.8. The van der Waals surface area contributed by atoms with Gasteiger partial charge in [-0.15, -0.1) is 0 Å². The lowest BCUT2D eigenvalue weighted by molar-refractivity contribution is 1.48. The number of aryl methyl sites for hydroxylation is 1. The molecule has 0 saturated carbocycles. The third-order valence-electron chi connectivity index (χ3n) is 4.48. The van der Waals surface area contributed by atoms with Gasteiger partial charge in [0, 0.05) is 0 Å². The van der Waals surface area contributed by atoms with E-state index in [0.29, 0.717) is 0 Å². The zero-order chi connectivity index (χ0) is 36.2. The first-order valence-electron chi connectivity index (χ1n) is 17.9. The second kappa shape index (κ2) is 53.0. The molecule has 0 aliphatic rings. The van der Waals surface area contributed by atoms with Crippen LogP contribution in [0.1, 0.15) is 116 Å². The topological polar surface area (TPSA) is 0 Å². The Morgan fingerprint density at radius 1 is 0.222 bits per heavy atom. The Morgan fingerprint density at radius 2 is 0.400 bits per heavy atom. The van der Waals surface area contributed by atoms with E-state index in [1.807, 2.05) is 141 Å². The molecule has 5 aromatic carbocycles. The molecule has 0 heterocycles. The van der Waals surface area contributed by atoms with E-state index in [9.17, 15) is 0 Å². The van der Waals surface area contributed by atoms with Gasteiger partial charge in [-0.3, -0.25) is 0 Å². The minimum absolute atomic E-state index is 1.28. The Kier molecular flexibility index (Phi) is 63.4. The van der Waals surface area contributed by atoms with Gasteiger partial charge in [0.15, 0.2) is 0 Å². The monoisotopic (exact) mass is 615 g/mol. The molecule has 5 aromatic rings. The van der Waals surface area contributed by atoms with Crippen LogP contribution in [0.5, 0.6) is 0 Å². The number of benzene rings is 5. The van der Waals surface area contributed by atoms with Gasteiger partial charge in [-0.05, 0) is 28.8 Å². The van der Waals surface area contributed by atoms with Crippen molar-refractivity contribution in [3.8, 4) is 11.1 Å². The summed E-state index contributed by atoms with van der Waals surface area (Å²) < 4.78 is 0. The molecular weight excluding hydrogens is 540 g/mol. The van der Waals surface area contributed by atoms with Crippen LogP contribution in [0.3, 0.4) is 0 Å². The first-order valence-corrected chi connectivity index (χ1v) is 17.9. The minimum Gasteiger partial charge on any atom is -0.0683 e. The van der Waals surface area contributed by atoms with Crippen LogP contribution in [0.25, 0.3) is 21.9 Å². The fourth-order valence-corrected chi connectivity index (χ4v) is 2.93. The van der Waals surface area contributed by atoms with Gasteiger partial charge >= 0.3 is 0 Å². The third kappa shape index (κ3) is 33.1. The Morgan fingerprint density at radius 3 is 0.578 bits per heavy atom. The molecule has 45 heavy (non-hydrogen) atoms. The molecule has 0 aliphatic heterocycles. The van der Waals surface area contributed by atoms with Gasteiger partial charge in [-0.2, -0.15) is 0 Å². The summed E-state index contributed by atoms with van der Waals surface area (Å²) >= 11 is 0. The van der Waals surface area contributed by atoms with Crippen LogP contribution < -0.4 is 0 Å². The zero-order valence-corrected chi connectivity index (χ0v) is 32.8. The van der Waals surface area contributed by atoms with Crippen LogP contribution in [0.2, 0.25) is 0 Å². The van der Waals surface area contributed by atoms with Gasteiger partial charge in [-0.1, -0.05) is 256 Å². The van der Waals surface area contributed by atoms with Gasteiger partial charge in [0.25, 0.3) is 0 Å². The van der Waals surface area contributed by atoms with Crippen molar-refractivity contribution in [3.05, 3.63) is 145 Å². The molecule has 0 bridgehead atoms. The molecule has 0 unspecified atom stereocenters. The van der Waals surface area contributed by atoms with Gasteiger partial charge in [-0.25, -0.2) is 0 Å². The first-order chi connectivity index (χ1) is 22.3. The van der Waals surface area contributed by atoms with E-state index < -0.39 is 0 Å².